The standard InChI is InChI=1S/C16H19NO5/c1-10(11-2-3-11)17-15(18)9-22-16(19)12-4-5-13-14(8-12)21-7-6-20-13/h4-5,8,10-11H,2-3,6-7,9H2,1H3,(H,17,18)/t10-/m1/s1. The molecule has 0 aromatic heterocycles. The predicted octanol–water partition coefficient (Wildman–Crippen LogP) is 1.53. The lowest BCUT2D eigenvalue weighted by Gasteiger charge is -2.18. The molecule has 1 aromatic carbocycles. The van der Waals surface area contributed by atoms with Crippen molar-refractivity contribution in [2.24, 2.45) is 5.92 Å². The van der Waals surface area contributed by atoms with Gasteiger partial charge in [-0.3, -0.25) is 4.79 Å². The van der Waals surface area contributed by atoms with Crippen LogP contribution in [0.15, 0.2) is 18.2 Å². The summed E-state index contributed by atoms with van der Waals surface area (Å²) in [5.41, 5.74) is 0.340. The minimum absolute atomic E-state index is 0.139. The molecule has 1 heterocycles. The minimum atomic E-state index is -0.550. The van der Waals surface area contributed by atoms with Gasteiger partial charge < -0.3 is 19.5 Å². The highest BCUT2D eigenvalue weighted by molar-refractivity contribution is 5.92. The van der Waals surface area contributed by atoms with Crippen molar-refractivity contribution in [3.8, 4) is 11.5 Å². The fraction of sp³-hybridized carbons (Fsp3) is 0.500. The molecule has 118 valence electrons. The lowest BCUT2D eigenvalue weighted by Crippen LogP contribution is -2.37. The number of fused-ring (bicyclic) bond motifs is 1. The topological polar surface area (TPSA) is 73.9 Å². The molecular formula is C16H19NO5. The lowest BCUT2D eigenvalue weighted by molar-refractivity contribution is -0.124. The molecule has 1 aliphatic carbocycles. The molecule has 0 spiro atoms. The van der Waals surface area contributed by atoms with Crippen LogP contribution in [0.2, 0.25) is 0 Å². The van der Waals surface area contributed by atoms with Crippen molar-refractivity contribution in [2.45, 2.75) is 25.8 Å². The van der Waals surface area contributed by atoms with Crippen LogP contribution in [0.25, 0.3) is 0 Å². The second kappa shape index (κ2) is 6.25. The molecule has 0 unspecified atom stereocenters. The quantitative estimate of drug-likeness (QED) is 0.835. The van der Waals surface area contributed by atoms with Gasteiger partial charge >= 0.3 is 5.97 Å². The predicted molar refractivity (Wildman–Crippen MR) is 78.0 cm³/mol. The Morgan fingerprint density at radius 2 is 2.00 bits per heavy atom. The molecule has 1 N–H and O–H groups in total. The van der Waals surface area contributed by atoms with Gasteiger partial charge in [0.05, 0.1) is 5.56 Å². The summed E-state index contributed by atoms with van der Waals surface area (Å²) in [5, 5.41) is 2.84. The summed E-state index contributed by atoms with van der Waals surface area (Å²) < 4.78 is 15.8. The number of amides is 1. The van der Waals surface area contributed by atoms with E-state index in [0.29, 0.717) is 36.2 Å². The van der Waals surface area contributed by atoms with Gasteiger partial charge in [-0.15, -0.1) is 0 Å². The van der Waals surface area contributed by atoms with Gasteiger partial charge in [-0.25, -0.2) is 4.79 Å². The third kappa shape index (κ3) is 3.50. The summed E-state index contributed by atoms with van der Waals surface area (Å²) in [6.45, 7) is 2.64. The van der Waals surface area contributed by atoms with Crippen LogP contribution in [0.5, 0.6) is 11.5 Å². The molecule has 1 aliphatic heterocycles. The minimum Gasteiger partial charge on any atom is -0.486 e. The van der Waals surface area contributed by atoms with Crippen LogP contribution in [-0.4, -0.2) is 37.7 Å². The molecule has 6 nitrogen and oxygen atoms in total. The van der Waals surface area contributed by atoms with E-state index in [-0.39, 0.29) is 18.6 Å². The van der Waals surface area contributed by atoms with E-state index in [0.717, 1.165) is 12.8 Å². The summed E-state index contributed by atoms with van der Waals surface area (Å²) in [6, 6.07) is 4.98. The Hall–Kier alpha value is -2.24. The average Bonchev–Trinajstić information content (AvgIpc) is 3.37. The Bertz CT molecular complexity index is 582. The Morgan fingerprint density at radius 3 is 2.73 bits per heavy atom. The second-order valence-corrected chi connectivity index (χ2v) is 5.63. The lowest BCUT2D eigenvalue weighted by atomic mass is 10.2. The first-order chi connectivity index (χ1) is 10.6. The molecule has 0 bridgehead atoms. The molecule has 2 aliphatic rings. The first-order valence-electron chi connectivity index (χ1n) is 7.49. The fourth-order valence-corrected chi connectivity index (χ4v) is 2.39. The molecule has 1 saturated carbocycles. The molecule has 1 aromatic rings. The molecular weight excluding hydrogens is 286 g/mol. The smallest absolute Gasteiger partial charge is 0.338 e. The van der Waals surface area contributed by atoms with Gasteiger partial charge in [-0.2, -0.15) is 0 Å². The zero-order chi connectivity index (χ0) is 15.5. The van der Waals surface area contributed by atoms with Gasteiger partial charge in [0.2, 0.25) is 0 Å². The van der Waals surface area contributed by atoms with E-state index in [9.17, 15) is 9.59 Å². The zero-order valence-electron chi connectivity index (χ0n) is 12.5. The van der Waals surface area contributed by atoms with E-state index in [1.807, 2.05) is 6.92 Å². The normalized spacial score (nSPS) is 17.5. The Labute approximate surface area is 128 Å². The number of ether oxygens (including phenoxy) is 3. The number of hydrogen-bond acceptors (Lipinski definition) is 5. The highest BCUT2D eigenvalue weighted by Gasteiger charge is 2.29. The molecule has 0 radical (unpaired) electrons. The fourth-order valence-electron chi connectivity index (χ4n) is 2.39. The van der Waals surface area contributed by atoms with E-state index in [4.69, 9.17) is 14.2 Å². The van der Waals surface area contributed by atoms with Gasteiger partial charge in [0.1, 0.15) is 13.2 Å². The molecule has 1 atom stereocenters. The van der Waals surface area contributed by atoms with Crippen LogP contribution < -0.4 is 14.8 Å². The van der Waals surface area contributed by atoms with E-state index in [2.05, 4.69) is 5.32 Å². The summed E-state index contributed by atoms with van der Waals surface area (Å²) in [4.78, 5) is 23.7. The molecule has 0 saturated heterocycles. The Kier molecular flexibility index (Phi) is 4.18. The summed E-state index contributed by atoms with van der Waals surface area (Å²) >= 11 is 0. The SMILES string of the molecule is C[C@@H](NC(=O)COC(=O)c1ccc2c(c1)OCCO2)C1CC1. The molecule has 1 amide bonds. The van der Waals surface area contributed by atoms with Gasteiger partial charge in [0.15, 0.2) is 18.1 Å². The van der Waals surface area contributed by atoms with Crippen LogP contribution >= 0.6 is 0 Å². The number of carbonyl (C=O) groups is 2. The second-order valence-electron chi connectivity index (χ2n) is 5.63. The van der Waals surface area contributed by atoms with Crippen molar-refractivity contribution in [1.29, 1.82) is 0 Å². The Morgan fingerprint density at radius 1 is 1.27 bits per heavy atom. The zero-order valence-corrected chi connectivity index (χ0v) is 12.5. The summed E-state index contributed by atoms with van der Waals surface area (Å²) in [7, 11) is 0. The summed E-state index contributed by atoms with van der Waals surface area (Å²) in [5.74, 6) is 0.875. The maximum absolute atomic E-state index is 12.0. The van der Waals surface area contributed by atoms with Gasteiger partial charge in [-0.1, -0.05) is 0 Å². The van der Waals surface area contributed by atoms with E-state index >= 15 is 0 Å². The number of rotatable bonds is 5. The van der Waals surface area contributed by atoms with E-state index in [1.165, 1.54) is 0 Å². The summed E-state index contributed by atoms with van der Waals surface area (Å²) in [6.07, 6.45) is 2.30. The molecule has 22 heavy (non-hydrogen) atoms. The molecule has 3 rings (SSSR count). The largest absolute Gasteiger partial charge is 0.486 e. The average molecular weight is 305 g/mol. The number of benzene rings is 1. The van der Waals surface area contributed by atoms with Crippen molar-refractivity contribution < 1.29 is 23.8 Å². The van der Waals surface area contributed by atoms with Crippen LogP contribution in [-0.2, 0) is 9.53 Å². The third-order valence-electron chi connectivity index (χ3n) is 3.83. The first kappa shape index (κ1) is 14.7. The van der Waals surface area contributed by atoms with Crippen LogP contribution in [0, 0.1) is 5.92 Å². The Balaban J connectivity index is 1.52. The maximum Gasteiger partial charge on any atom is 0.338 e. The third-order valence-corrected chi connectivity index (χ3v) is 3.83. The van der Waals surface area contributed by atoms with Gasteiger partial charge in [0.25, 0.3) is 5.91 Å². The first-order valence-corrected chi connectivity index (χ1v) is 7.49. The van der Waals surface area contributed by atoms with Crippen LogP contribution in [0.4, 0.5) is 0 Å². The molecule has 1 fully saturated rings. The van der Waals surface area contributed by atoms with Gasteiger partial charge in [-0.05, 0) is 43.9 Å². The number of nitrogens with one attached hydrogen (secondary N) is 1. The highest BCUT2D eigenvalue weighted by atomic mass is 16.6. The maximum atomic E-state index is 12.0. The van der Waals surface area contributed by atoms with Crippen molar-refractivity contribution in [3.05, 3.63) is 23.8 Å². The van der Waals surface area contributed by atoms with Gasteiger partial charge in [0, 0.05) is 6.04 Å². The van der Waals surface area contributed by atoms with E-state index in [1.54, 1.807) is 18.2 Å². The van der Waals surface area contributed by atoms with Crippen molar-refractivity contribution in [1.82, 2.24) is 5.32 Å². The van der Waals surface area contributed by atoms with Crippen LogP contribution in [0.1, 0.15) is 30.1 Å². The van der Waals surface area contributed by atoms with E-state index < -0.39 is 5.97 Å². The number of carbonyl (C=O) groups excluding carboxylic acids is 2. The monoisotopic (exact) mass is 305 g/mol. The number of hydrogen-bond donors (Lipinski definition) is 1. The number of esters is 1. The van der Waals surface area contributed by atoms with Crippen LogP contribution in [0.3, 0.4) is 0 Å². The highest BCUT2D eigenvalue weighted by Crippen LogP contribution is 2.32. The molecule has 6 heteroatoms. The van der Waals surface area contributed by atoms with Crippen molar-refractivity contribution in [3.63, 3.8) is 0 Å². The van der Waals surface area contributed by atoms with Crippen molar-refractivity contribution >= 4 is 11.9 Å². The van der Waals surface area contributed by atoms with Crippen molar-refractivity contribution in [2.75, 3.05) is 19.8 Å².